The van der Waals surface area contributed by atoms with Crippen LogP contribution in [0.15, 0.2) is 12.1 Å². The lowest BCUT2D eigenvalue weighted by atomic mass is 9.86. The van der Waals surface area contributed by atoms with Gasteiger partial charge >= 0.3 is 0 Å². The van der Waals surface area contributed by atoms with Gasteiger partial charge in [-0.25, -0.2) is 9.37 Å². The first-order valence-corrected chi connectivity index (χ1v) is 6.95. The number of fused-ring (bicyclic) bond motifs is 2. The molecule has 0 N–H and O–H groups in total. The summed E-state index contributed by atoms with van der Waals surface area (Å²) in [7, 11) is 2.16. The summed E-state index contributed by atoms with van der Waals surface area (Å²) in [4.78, 5) is 19.0. The van der Waals surface area contributed by atoms with Crippen molar-refractivity contribution in [1.82, 2.24) is 9.88 Å². The molecule has 3 nitrogen and oxygen atoms in total. The molecule has 2 aliphatic rings. The van der Waals surface area contributed by atoms with Gasteiger partial charge in [0.15, 0.2) is 5.78 Å². The van der Waals surface area contributed by atoms with E-state index in [9.17, 15) is 9.18 Å². The Morgan fingerprint density at radius 3 is 2.53 bits per heavy atom. The molecule has 2 fully saturated rings. The summed E-state index contributed by atoms with van der Waals surface area (Å²) < 4.78 is 13.2. The van der Waals surface area contributed by atoms with E-state index >= 15 is 0 Å². The van der Waals surface area contributed by atoms with E-state index in [1.54, 1.807) is 6.92 Å². The summed E-state index contributed by atoms with van der Waals surface area (Å²) in [6, 6.07) is 3.94. The minimum atomic E-state index is -0.347. The highest BCUT2D eigenvalue weighted by Crippen LogP contribution is 2.38. The topological polar surface area (TPSA) is 33.2 Å². The van der Waals surface area contributed by atoms with Crippen molar-refractivity contribution in [3.8, 4) is 0 Å². The smallest absolute Gasteiger partial charge is 0.184 e. The van der Waals surface area contributed by atoms with Crippen LogP contribution in [-0.2, 0) is 0 Å². The minimum Gasteiger partial charge on any atom is -0.300 e. The number of piperidine rings is 1. The molecule has 1 aromatic rings. The molecule has 1 aromatic heterocycles. The lowest BCUT2D eigenvalue weighted by Crippen LogP contribution is -2.42. The molecule has 0 spiro atoms. The van der Waals surface area contributed by atoms with E-state index in [0.717, 1.165) is 12.8 Å². The molecule has 0 radical (unpaired) electrons. The standard InChI is InChI=1S/C15H19FN2O/c1-9-13(16)5-6-14(17-9)15(19)10-7-11-3-4-12(8-10)18(11)2/h5-6,10-12H,3-4,7-8H2,1-2H3. The molecule has 2 saturated heterocycles. The molecular weight excluding hydrogens is 243 g/mol. The summed E-state index contributed by atoms with van der Waals surface area (Å²) in [6.07, 6.45) is 4.23. The van der Waals surface area contributed by atoms with Crippen LogP contribution in [0.25, 0.3) is 0 Å². The molecule has 2 bridgehead atoms. The van der Waals surface area contributed by atoms with E-state index < -0.39 is 0 Å². The normalized spacial score (nSPS) is 30.6. The Balaban J connectivity index is 1.79. The zero-order valence-electron chi connectivity index (χ0n) is 11.4. The molecule has 19 heavy (non-hydrogen) atoms. The van der Waals surface area contributed by atoms with Gasteiger partial charge in [-0.05, 0) is 51.8 Å². The maximum Gasteiger partial charge on any atom is 0.184 e. The molecule has 0 amide bonds. The number of halogens is 1. The molecule has 0 saturated carbocycles. The predicted molar refractivity (Wildman–Crippen MR) is 70.6 cm³/mol. The van der Waals surface area contributed by atoms with Crippen molar-refractivity contribution in [1.29, 1.82) is 0 Å². The Bertz CT molecular complexity index is 503. The van der Waals surface area contributed by atoms with Crippen molar-refractivity contribution in [3.63, 3.8) is 0 Å². The van der Waals surface area contributed by atoms with Gasteiger partial charge in [-0.15, -0.1) is 0 Å². The number of hydrogen-bond donors (Lipinski definition) is 0. The van der Waals surface area contributed by atoms with Gasteiger partial charge in [0.25, 0.3) is 0 Å². The second kappa shape index (κ2) is 4.67. The van der Waals surface area contributed by atoms with Crippen LogP contribution in [0.3, 0.4) is 0 Å². The molecule has 0 aliphatic carbocycles. The number of pyridine rings is 1. The van der Waals surface area contributed by atoms with E-state index in [1.165, 1.54) is 25.0 Å². The van der Waals surface area contributed by atoms with Gasteiger partial charge in [-0.1, -0.05) is 0 Å². The van der Waals surface area contributed by atoms with Crippen LogP contribution in [0, 0.1) is 18.7 Å². The SMILES string of the molecule is Cc1nc(C(=O)C2CC3CCC(C2)N3C)ccc1F. The highest BCUT2D eigenvalue weighted by Gasteiger charge is 2.41. The number of carbonyl (C=O) groups excluding carboxylic acids is 1. The second-order valence-corrected chi connectivity index (χ2v) is 5.85. The highest BCUT2D eigenvalue weighted by molar-refractivity contribution is 5.96. The van der Waals surface area contributed by atoms with E-state index in [0.29, 0.717) is 23.5 Å². The maximum absolute atomic E-state index is 13.2. The Kier molecular flexibility index (Phi) is 3.13. The van der Waals surface area contributed by atoms with Gasteiger partial charge in [-0.3, -0.25) is 4.79 Å². The molecule has 4 heteroatoms. The van der Waals surface area contributed by atoms with E-state index in [4.69, 9.17) is 0 Å². The molecule has 102 valence electrons. The summed E-state index contributed by atoms with van der Waals surface area (Å²) in [6.45, 7) is 1.60. The number of nitrogens with zero attached hydrogens (tertiary/aromatic N) is 2. The van der Waals surface area contributed by atoms with Gasteiger partial charge < -0.3 is 4.90 Å². The second-order valence-electron chi connectivity index (χ2n) is 5.85. The Hall–Kier alpha value is -1.29. The molecule has 2 aliphatic heterocycles. The summed E-state index contributed by atoms with van der Waals surface area (Å²) in [5, 5.41) is 0. The number of hydrogen-bond acceptors (Lipinski definition) is 3. The van der Waals surface area contributed by atoms with Crippen molar-refractivity contribution < 1.29 is 9.18 Å². The molecule has 0 aromatic carbocycles. The van der Waals surface area contributed by atoms with E-state index in [-0.39, 0.29) is 17.5 Å². The highest BCUT2D eigenvalue weighted by atomic mass is 19.1. The van der Waals surface area contributed by atoms with Gasteiger partial charge in [-0.2, -0.15) is 0 Å². The largest absolute Gasteiger partial charge is 0.300 e. The van der Waals surface area contributed by atoms with Crippen LogP contribution in [0.4, 0.5) is 4.39 Å². The van der Waals surface area contributed by atoms with Crippen LogP contribution >= 0.6 is 0 Å². The molecule has 2 unspecified atom stereocenters. The number of rotatable bonds is 2. The Morgan fingerprint density at radius 2 is 1.95 bits per heavy atom. The van der Waals surface area contributed by atoms with Gasteiger partial charge in [0.05, 0.1) is 5.69 Å². The fourth-order valence-corrected chi connectivity index (χ4v) is 3.52. The van der Waals surface area contributed by atoms with Crippen LogP contribution < -0.4 is 0 Å². The van der Waals surface area contributed by atoms with Crippen LogP contribution in [0.1, 0.15) is 41.9 Å². The first-order chi connectivity index (χ1) is 9.06. The number of Topliss-reactive ketones (excluding diaryl/α,β-unsaturated/α-hetero) is 1. The van der Waals surface area contributed by atoms with E-state index in [2.05, 4.69) is 16.9 Å². The van der Waals surface area contributed by atoms with Crippen molar-refractivity contribution >= 4 is 5.78 Å². The lowest BCUT2D eigenvalue weighted by molar-refractivity contribution is 0.0762. The quantitative estimate of drug-likeness (QED) is 0.768. The van der Waals surface area contributed by atoms with E-state index in [1.807, 2.05) is 0 Å². The van der Waals surface area contributed by atoms with Gasteiger partial charge in [0.2, 0.25) is 0 Å². The lowest BCUT2D eigenvalue weighted by Gasteiger charge is -2.35. The summed E-state index contributed by atoms with van der Waals surface area (Å²) in [5.74, 6) is -0.195. The average molecular weight is 262 g/mol. The predicted octanol–water partition coefficient (Wildman–Crippen LogP) is 2.58. The number of aryl methyl sites for hydroxylation is 1. The molecule has 3 rings (SSSR count). The van der Waals surface area contributed by atoms with Crippen molar-refractivity contribution in [3.05, 3.63) is 29.3 Å². The maximum atomic E-state index is 13.2. The minimum absolute atomic E-state index is 0.0612. The number of aromatic nitrogens is 1. The third-order valence-electron chi connectivity index (χ3n) is 4.74. The van der Waals surface area contributed by atoms with Crippen molar-refractivity contribution in [2.24, 2.45) is 5.92 Å². The number of carbonyl (C=O) groups is 1. The third-order valence-corrected chi connectivity index (χ3v) is 4.74. The third kappa shape index (κ3) is 2.18. The van der Waals surface area contributed by atoms with Gasteiger partial charge in [0, 0.05) is 18.0 Å². The summed E-state index contributed by atoms with van der Waals surface area (Å²) >= 11 is 0. The van der Waals surface area contributed by atoms with Crippen molar-refractivity contribution in [2.75, 3.05) is 7.05 Å². The Labute approximate surface area is 112 Å². The van der Waals surface area contributed by atoms with Crippen LogP contribution in [0.5, 0.6) is 0 Å². The first-order valence-electron chi connectivity index (χ1n) is 6.95. The average Bonchev–Trinajstić information content (AvgIpc) is 2.64. The summed E-state index contributed by atoms with van der Waals surface area (Å²) in [5.41, 5.74) is 0.731. The fourth-order valence-electron chi connectivity index (χ4n) is 3.52. The molecule has 3 heterocycles. The van der Waals surface area contributed by atoms with Crippen LogP contribution in [0.2, 0.25) is 0 Å². The molecular formula is C15H19FN2O. The zero-order valence-corrected chi connectivity index (χ0v) is 11.4. The number of ketones is 1. The molecule has 2 atom stereocenters. The van der Waals surface area contributed by atoms with Crippen molar-refractivity contribution in [2.45, 2.75) is 44.7 Å². The Morgan fingerprint density at radius 1 is 1.32 bits per heavy atom. The van der Waals surface area contributed by atoms with Gasteiger partial charge in [0.1, 0.15) is 11.5 Å². The van der Waals surface area contributed by atoms with Crippen LogP contribution in [-0.4, -0.2) is 34.8 Å². The first kappa shape index (κ1) is 12.7. The fraction of sp³-hybridized carbons (Fsp3) is 0.600. The monoisotopic (exact) mass is 262 g/mol. The zero-order chi connectivity index (χ0) is 13.6.